The highest BCUT2D eigenvalue weighted by atomic mass is 19.1. The standard InChI is InChI=1S/C21H23FN2O2/c1-14(17-6-5-7-19(12-17)25-4)24(3)13-20-15(2)26-21(23-20)16-8-10-18(22)11-9-16/h5-12,14H,13H2,1-4H3. The van der Waals surface area contributed by atoms with Crippen LogP contribution in [0.2, 0.25) is 0 Å². The summed E-state index contributed by atoms with van der Waals surface area (Å²) < 4.78 is 24.2. The first-order valence-electron chi connectivity index (χ1n) is 8.54. The van der Waals surface area contributed by atoms with E-state index in [9.17, 15) is 4.39 Å². The van der Waals surface area contributed by atoms with Gasteiger partial charge in [0, 0.05) is 18.2 Å². The fourth-order valence-electron chi connectivity index (χ4n) is 2.82. The maximum Gasteiger partial charge on any atom is 0.226 e. The van der Waals surface area contributed by atoms with Crippen molar-refractivity contribution in [3.05, 3.63) is 71.4 Å². The van der Waals surface area contributed by atoms with E-state index in [1.165, 1.54) is 17.7 Å². The molecule has 1 aromatic heterocycles. The van der Waals surface area contributed by atoms with Gasteiger partial charge in [-0.25, -0.2) is 9.37 Å². The van der Waals surface area contributed by atoms with Crippen molar-refractivity contribution in [2.75, 3.05) is 14.2 Å². The Bertz CT molecular complexity index is 874. The maximum atomic E-state index is 13.1. The highest BCUT2D eigenvalue weighted by Crippen LogP contribution is 2.27. The second-order valence-electron chi connectivity index (χ2n) is 6.40. The number of hydrogen-bond donors (Lipinski definition) is 0. The number of methoxy groups -OCH3 is 1. The highest BCUT2D eigenvalue weighted by Gasteiger charge is 2.17. The maximum absolute atomic E-state index is 13.1. The summed E-state index contributed by atoms with van der Waals surface area (Å²) >= 11 is 0. The third-order valence-electron chi connectivity index (χ3n) is 4.62. The minimum absolute atomic E-state index is 0.190. The normalized spacial score (nSPS) is 12.4. The first-order valence-corrected chi connectivity index (χ1v) is 8.54. The average molecular weight is 354 g/mol. The van der Waals surface area contributed by atoms with Crippen molar-refractivity contribution < 1.29 is 13.5 Å². The summed E-state index contributed by atoms with van der Waals surface area (Å²) in [5.74, 6) is 1.86. The molecule has 0 fully saturated rings. The van der Waals surface area contributed by atoms with Crippen LogP contribution in [0.3, 0.4) is 0 Å². The van der Waals surface area contributed by atoms with Gasteiger partial charge in [0.2, 0.25) is 5.89 Å². The molecule has 4 nitrogen and oxygen atoms in total. The number of aryl methyl sites for hydroxylation is 1. The Hall–Kier alpha value is -2.66. The molecule has 2 aromatic carbocycles. The molecule has 0 N–H and O–H groups in total. The molecule has 0 radical (unpaired) electrons. The number of aromatic nitrogens is 1. The molecule has 1 heterocycles. The molecule has 0 spiro atoms. The van der Waals surface area contributed by atoms with E-state index in [4.69, 9.17) is 9.15 Å². The van der Waals surface area contributed by atoms with Crippen LogP contribution >= 0.6 is 0 Å². The predicted molar refractivity (Wildman–Crippen MR) is 99.5 cm³/mol. The van der Waals surface area contributed by atoms with Crippen LogP contribution in [0, 0.1) is 12.7 Å². The van der Waals surface area contributed by atoms with Crippen LogP contribution in [-0.4, -0.2) is 24.0 Å². The molecule has 3 rings (SSSR count). The lowest BCUT2D eigenvalue weighted by molar-refractivity contribution is 0.248. The number of hydrogen-bond acceptors (Lipinski definition) is 4. The van der Waals surface area contributed by atoms with Crippen molar-refractivity contribution in [1.82, 2.24) is 9.88 Å². The summed E-state index contributed by atoms with van der Waals surface area (Å²) in [6.07, 6.45) is 0. The SMILES string of the molecule is COc1cccc(C(C)N(C)Cc2nc(-c3ccc(F)cc3)oc2C)c1. The van der Waals surface area contributed by atoms with Gasteiger partial charge in [0.05, 0.1) is 12.8 Å². The topological polar surface area (TPSA) is 38.5 Å². The largest absolute Gasteiger partial charge is 0.497 e. The molecule has 5 heteroatoms. The third-order valence-corrected chi connectivity index (χ3v) is 4.62. The quantitative estimate of drug-likeness (QED) is 0.625. The average Bonchev–Trinajstić information content (AvgIpc) is 3.02. The fraction of sp³-hybridized carbons (Fsp3) is 0.286. The van der Waals surface area contributed by atoms with Crippen molar-refractivity contribution in [3.63, 3.8) is 0 Å². The smallest absolute Gasteiger partial charge is 0.226 e. The van der Waals surface area contributed by atoms with Crippen LogP contribution < -0.4 is 4.74 Å². The Morgan fingerprint density at radius 2 is 1.92 bits per heavy atom. The number of nitrogens with zero attached hydrogens (tertiary/aromatic N) is 2. The monoisotopic (exact) mass is 354 g/mol. The van der Waals surface area contributed by atoms with Gasteiger partial charge in [0.1, 0.15) is 17.3 Å². The Labute approximate surface area is 153 Å². The van der Waals surface area contributed by atoms with E-state index < -0.39 is 0 Å². The van der Waals surface area contributed by atoms with Crippen LogP contribution in [0.25, 0.3) is 11.5 Å². The number of benzene rings is 2. The van der Waals surface area contributed by atoms with Crippen LogP contribution in [0.4, 0.5) is 4.39 Å². The first kappa shape index (κ1) is 18.1. The first-order chi connectivity index (χ1) is 12.5. The zero-order valence-corrected chi connectivity index (χ0v) is 15.5. The number of oxazole rings is 1. The molecule has 1 unspecified atom stereocenters. The number of halogens is 1. The van der Waals surface area contributed by atoms with E-state index in [1.54, 1.807) is 19.2 Å². The van der Waals surface area contributed by atoms with Crippen LogP contribution in [0.5, 0.6) is 5.75 Å². The molecule has 0 amide bonds. The second-order valence-corrected chi connectivity index (χ2v) is 6.40. The van der Waals surface area contributed by atoms with Gasteiger partial charge in [-0.05, 0) is 62.9 Å². The Morgan fingerprint density at radius 3 is 2.62 bits per heavy atom. The molecule has 136 valence electrons. The zero-order chi connectivity index (χ0) is 18.7. The van der Waals surface area contributed by atoms with Crippen molar-refractivity contribution in [3.8, 4) is 17.2 Å². The Balaban J connectivity index is 1.76. The Kier molecular flexibility index (Phi) is 5.38. The molecule has 0 aliphatic rings. The summed E-state index contributed by atoms with van der Waals surface area (Å²) in [4.78, 5) is 6.81. The van der Waals surface area contributed by atoms with Gasteiger partial charge in [0.15, 0.2) is 0 Å². The number of ether oxygens (including phenoxy) is 1. The lowest BCUT2D eigenvalue weighted by Crippen LogP contribution is -2.22. The van der Waals surface area contributed by atoms with Gasteiger partial charge in [-0.3, -0.25) is 4.90 Å². The third kappa shape index (κ3) is 3.94. The summed E-state index contributed by atoms with van der Waals surface area (Å²) in [7, 11) is 3.72. The lowest BCUT2D eigenvalue weighted by Gasteiger charge is -2.24. The van der Waals surface area contributed by atoms with E-state index in [-0.39, 0.29) is 11.9 Å². The van der Waals surface area contributed by atoms with Gasteiger partial charge in [-0.15, -0.1) is 0 Å². The molecular formula is C21H23FN2O2. The van der Waals surface area contributed by atoms with Crippen molar-refractivity contribution >= 4 is 0 Å². The second kappa shape index (κ2) is 7.70. The summed E-state index contributed by atoms with van der Waals surface area (Å²) in [5.41, 5.74) is 2.82. The van der Waals surface area contributed by atoms with Gasteiger partial charge in [0.25, 0.3) is 0 Å². The van der Waals surface area contributed by atoms with E-state index >= 15 is 0 Å². The number of rotatable bonds is 6. The van der Waals surface area contributed by atoms with Crippen LogP contribution in [-0.2, 0) is 6.54 Å². The van der Waals surface area contributed by atoms with Gasteiger partial charge < -0.3 is 9.15 Å². The predicted octanol–water partition coefficient (Wildman–Crippen LogP) is 4.99. The van der Waals surface area contributed by atoms with E-state index in [0.29, 0.717) is 12.4 Å². The summed E-state index contributed by atoms with van der Waals surface area (Å²) in [5, 5.41) is 0. The summed E-state index contributed by atoms with van der Waals surface area (Å²) in [6.45, 7) is 4.69. The van der Waals surface area contributed by atoms with Crippen molar-refractivity contribution in [1.29, 1.82) is 0 Å². The van der Waals surface area contributed by atoms with E-state index in [2.05, 4.69) is 29.9 Å². The molecule has 0 aliphatic carbocycles. The van der Waals surface area contributed by atoms with Gasteiger partial charge >= 0.3 is 0 Å². The van der Waals surface area contributed by atoms with E-state index in [1.807, 2.05) is 25.1 Å². The van der Waals surface area contributed by atoms with Crippen molar-refractivity contribution in [2.45, 2.75) is 26.4 Å². The molecule has 0 saturated carbocycles. The van der Waals surface area contributed by atoms with Gasteiger partial charge in [-0.1, -0.05) is 12.1 Å². The molecule has 1 atom stereocenters. The van der Waals surface area contributed by atoms with Crippen LogP contribution in [0.15, 0.2) is 52.9 Å². The fourth-order valence-corrected chi connectivity index (χ4v) is 2.82. The van der Waals surface area contributed by atoms with Crippen molar-refractivity contribution in [2.24, 2.45) is 0 Å². The molecule has 26 heavy (non-hydrogen) atoms. The zero-order valence-electron chi connectivity index (χ0n) is 15.5. The van der Waals surface area contributed by atoms with Crippen LogP contribution in [0.1, 0.15) is 30.0 Å². The minimum Gasteiger partial charge on any atom is -0.497 e. The van der Waals surface area contributed by atoms with Gasteiger partial charge in [-0.2, -0.15) is 0 Å². The molecule has 3 aromatic rings. The molecule has 0 bridgehead atoms. The minimum atomic E-state index is -0.274. The Morgan fingerprint density at radius 1 is 1.19 bits per heavy atom. The van der Waals surface area contributed by atoms with E-state index in [0.717, 1.165) is 22.8 Å². The summed E-state index contributed by atoms with van der Waals surface area (Å²) in [6, 6.07) is 14.4. The highest BCUT2D eigenvalue weighted by molar-refractivity contribution is 5.53. The molecule has 0 aliphatic heterocycles. The molecular weight excluding hydrogens is 331 g/mol. The lowest BCUT2D eigenvalue weighted by atomic mass is 10.1. The molecule has 0 saturated heterocycles.